The quantitative estimate of drug-likeness (QED) is 0.868. The molecule has 0 radical (unpaired) electrons. The van der Waals surface area contributed by atoms with Gasteiger partial charge in [-0.3, -0.25) is 19.7 Å². The lowest BCUT2D eigenvalue weighted by atomic mass is 9.82. The van der Waals surface area contributed by atoms with Crippen LogP contribution >= 0.6 is 0 Å². The summed E-state index contributed by atoms with van der Waals surface area (Å²) >= 11 is 0. The Bertz CT molecular complexity index is 676. The van der Waals surface area contributed by atoms with Gasteiger partial charge in [0.15, 0.2) is 0 Å². The zero-order chi connectivity index (χ0) is 15.6. The van der Waals surface area contributed by atoms with Crippen molar-refractivity contribution in [1.29, 1.82) is 0 Å². The van der Waals surface area contributed by atoms with E-state index >= 15 is 0 Å². The monoisotopic (exact) mass is 308 g/mol. The average Bonchev–Trinajstić information content (AvgIpc) is 2.61. The maximum Gasteiger partial charge on any atom is 0.272 e. The molecule has 0 saturated carbocycles. The van der Waals surface area contributed by atoms with E-state index in [0.29, 0.717) is 11.7 Å². The molecule has 2 fully saturated rings. The van der Waals surface area contributed by atoms with Gasteiger partial charge in [0.1, 0.15) is 5.69 Å². The van der Waals surface area contributed by atoms with Gasteiger partial charge in [0.25, 0.3) is 5.91 Å². The second kappa shape index (κ2) is 6.08. The second-order valence-corrected chi connectivity index (χ2v) is 6.37. The molecule has 1 amide bonds. The first-order valence-corrected chi connectivity index (χ1v) is 8.14. The van der Waals surface area contributed by atoms with Gasteiger partial charge in [-0.05, 0) is 36.1 Å². The number of nitrogens with zero attached hydrogens (tertiary/aromatic N) is 4. The minimum Gasteiger partial charge on any atom is -0.336 e. The average molecular weight is 308 g/mol. The Morgan fingerprint density at radius 3 is 2.91 bits per heavy atom. The zero-order valence-corrected chi connectivity index (χ0v) is 13.0. The Kier molecular flexibility index (Phi) is 3.79. The van der Waals surface area contributed by atoms with Gasteiger partial charge in [-0.2, -0.15) is 0 Å². The summed E-state index contributed by atoms with van der Waals surface area (Å²) in [5, 5.41) is 0. The third-order valence-corrected chi connectivity index (χ3v) is 4.94. The molecule has 2 aliphatic heterocycles. The van der Waals surface area contributed by atoms with Crippen LogP contribution in [0.5, 0.6) is 0 Å². The van der Waals surface area contributed by atoms with Gasteiger partial charge in [-0.15, -0.1) is 0 Å². The first kappa shape index (κ1) is 14.3. The van der Waals surface area contributed by atoms with Crippen molar-refractivity contribution < 1.29 is 4.79 Å². The number of carbonyl (C=O) groups is 1. The van der Waals surface area contributed by atoms with Crippen LogP contribution in [0.25, 0.3) is 0 Å². The molecule has 118 valence electrons. The molecule has 0 N–H and O–H groups in total. The van der Waals surface area contributed by atoms with Gasteiger partial charge in [-0.25, -0.2) is 0 Å². The summed E-state index contributed by atoms with van der Waals surface area (Å²) in [6.07, 6.45) is 6.49. The number of aromatic nitrogens is 2. The molecule has 2 saturated heterocycles. The summed E-state index contributed by atoms with van der Waals surface area (Å²) in [6, 6.07) is 10.1. The number of amides is 1. The number of piperidine rings is 1. The van der Waals surface area contributed by atoms with Crippen molar-refractivity contribution in [2.75, 3.05) is 19.6 Å². The number of hydrogen-bond donors (Lipinski definition) is 0. The number of likely N-dealkylation sites (tertiary alicyclic amines) is 2. The molecule has 2 aliphatic rings. The SMILES string of the molecule is O=C(c1ccccn1)N1CC[C@@H]2CN(Cc3cccnc3)[C@@H]2C1. The summed E-state index contributed by atoms with van der Waals surface area (Å²) in [7, 11) is 0. The summed E-state index contributed by atoms with van der Waals surface area (Å²) in [4.78, 5) is 25.4. The van der Waals surface area contributed by atoms with Gasteiger partial charge >= 0.3 is 0 Å². The summed E-state index contributed by atoms with van der Waals surface area (Å²) in [6.45, 7) is 3.70. The van der Waals surface area contributed by atoms with Crippen molar-refractivity contribution in [3.8, 4) is 0 Å². The highest BCUT2D eigenvalue weighted by molar-refractivity contribution is 5.92. The van der Waals surface area contributed by atoms with Gasteiger partial charge in [-0.1, -0.05) is 12.1 Å². The number of fused-ring (bicyclic) bond motifs is 1. The summed E-state index contributed by atoms with van der Waals surface area (Å²) in [5.74, 6) is 0.775. The molecule has 2 atom stereocenters. The molecule has 4 rings (SSSR count). The predicted octanol–water partition coefficient (Wildman–Crippen LogP) is 1.82. The number of pyridine rings is 2. The van der Waals surface area contributed by atoms with Crippen LogP contribution in [0.2, 0.25) is 0 Å². The summed E-state index contributed by atoms with van der Waals surface area (Å²) in [5.41, 5.74) is 1.78. The fourth-order valence-electron chi connectivity index (χ4n) is 3.65. The minimum atomic E-state index is 0.0530. The van der Waals surface area contributed by atoms with Gasteiger partial charge < -0.3 is 4.90 Å². The third-order valence-electron chi connectivity index (χ3n) is 4.94. The number of carbonyl (C=O) groups excluding carboxylic acids is 1. The van der Waals surface area contributed by atoms with E-state index in [4.69, 9.17) is 0 Å². The van der Waals surface area contributed by atoms with E-state index in [1.165, 1.54) is 5.56 Å². The number of hydrogen-bond acceptors (Lipinski definition) is 4. The minimum absolute atomic E-state index is 0.0530. The van der Waals surface area contributed by atoms with Crippen molar-refractivity contribution in [2.24, 2.45) is 5.92 Å². The van der Waals surface area contributed by atoms with E-state index in [0.717, 1.165) is 38.5 Å². The Morgan fingerprint density at radius 1 is 1.17 bits per heavy atom. The van der Waals surface area contributed by atoms with E-state index in [-0.39, 0.29) is 5.91 Å². The predicted molar refractivity (Wildman–Crippen MR) is 86.7 cm³/mol. The lowest BCUT2D eigenvalue weighted by Crippen LogP contribution is -2.64. The van der Waals surface area contributed by atoms with Crippen LogP contribution in [-0.4, -0.2) is 51.4 Å². The normalized spacial score (nSPS) is 23.9. The van der Waals surface area contributed by atoms with E-state index in [9.17, 15) is 4.79 Å². The molecule has 0 unspecified atom stereocenters. The molecule has 0 bridgehead atoms. The van der Waals surface area contributed by atoms with Gasteiger partial charge in [0.05, 0.1) is 0 Å². The molecular formula is C18H20N4O. The lowest BCUT2D eigenvalue weighted by Gasteiger charge is -2.53. The Labute approximate surface area is 136 Å². The molecule has 23 heavy (non-hydrogen) atoms. The largest absolute Gasteiger partial charge is 0.336 e. The lowest BCUT2D eigenvalue weighted by molar-refractivity contribution is -0.0429. The van der Waals surface area contributed by atoms with Crippen molar-refractivity contribution >= 4 is 5.91 Å². The Hall–Kier alpha value is -2.27. The molecular weight excluding hydrogens is 288 g/mol. The van der Waals surface area contributed by atoms with E-state index in [1.807, 2.05) is 29.3 Å². The molecule has 0 aliphatic carbocycles. The molecule has 2 aromatic rings. The molecule has 2 aromatic heterocycles. The van der Waals surface area contributed by atoms with Crippen molar-refractivity contribution in [2.45, 2.75) is 19.0 Å². The standard InChI is InChI=1S/C18H20N4O/c23-18(16-5-1-2-8-20-16)21-9-6-15-12-22(17(15)13-21)11-14-4-3-7-19-10-14/h1-5,7-8,10,15,17H,6,9,11-13H2/t15-,17-/m1/s1. The zero-order valence-electron chi connectivity index (χ0n) is 13.0. The fourth-order valence-corrected chi connectivity index (χ4v) is 3.65. The van der Waals surface area contributed by atoms with Crippen LogP contribution in [0.15, 0.2) is 48.9 Å². The van der Waals surface area contributed by atoms with Crippen LogP contribution in [0.3, 0.4) is 0 Å². The van der Waals surface area contributed by atoms with E-state index in [1.54, 1.807) is 18.5 Å². The van der Waals surface area contributed by atoms with Crippen LogP contribution in [0.4, 0.5) is 0 Å². The Morgan fingerprint density at radius 2 is 2.13 bits per heavy atom. The van der Waals surface area contributed by atoms with Gasteiger partial charge in [0, 0.05) is 50.8 Å². The molecule has 4 heterocycles. The maximum atomic E-state index is 12.6. The third kappa shape index (κ3) is 2.84. The smallest absolute Gasteiger partial charge is 0.272 e. The highest BCUT2D eigenvalue weighted by Gasteiger charge is 2.43. The Balaban J connectivity index is 1.41. The molecule has 5 nitrogen and oxygen atoms in total. The van der Waals surface area contributed by atoms with E-state index < -0.39 is 0 Å². The highest BCUT2D eigenvalue weighted by Crippen LogP contribution is 2.33. The molecule has 0 spiro atoms. The van der Waals surface area contributed by atoms with Crippen LogP contribution < -0.4 is 0 Å². The fraction of sp³-hybridized carbons (Fsp3) is 0.389. The van der Waals surface area contributed by atoms with E-state index in [2.05, 4.69) is 20.9 Å². The van der Waals surface area contributed by atoms with Crippen LogP contribution in [-0.2, 0) is 6.54 Å². The van der Waals surface area contributed by atoms with Crippen molar-refractivity contribution in [3.05, 3.63) is 60.2 Å². The van der Waals surface area contributed by atoms with Gasteiger partial charge in [0.2, 0.25) is 0 Å². The maximum absolute atomic E-state index is 12.6. The molecule has 0 aromatic carbocycles. The van der Waals surface area contributed by atoms with Crippen molar-refractivity contribution in [3.63, 3.8) is 0 Å². The molecule has 5 heteroatoms. The van der Waals surface area contributed by atoms with Crippen molar-refractivity contribution in [1.82, 2.24) is 19.8 Å². The highest BCUT2D eigenvalue weighted by atomic mass is 16.2. The summed E-state index contributed by atoms with van der Waals surface area (Å²) < 4.78 is 0. The van der Waals surface area contributed by atoms with Crippen LogP contribution in [0.1, 0.15) is 22.5 Å². The van der Waals surface area contributed by atoms with Crippen LogP contribution in [0, 0.1) is 5.92 Å². The number of rotatable bonds is 3. The first-order chi connectivity index (χ1) is 11.3. The first-order valence-electron chi connectivity index (χ1n) is 8.14. The second-order valence-electron chi connectivity index (χ2n) is 6.37. The topological polar surface area (TPSA) is 49.3 Å².